The van der Waals surface area contributed by atoms with Crippen molar-refractivity contribution in [2.75, 3.05) is 6.54 Å². The van der Waals surface area contributed by atoms with Crippen LogP contribution in [0.25, 0.3) is 0 Å². The number of hydrogen-bond acceptors (Lipinski definition) is 7. The van der Waals surface area contributed by atoms with Gasteiger partial charge in [-0.1, -0.05) is 18.2 Å². The van der Waals surface area contributed by atoms with Gasteiger partial charge in [-0.2, -0.15) is 0 Å². The summed E-state index contributed by atoms with van der Waals surface area (Å²) in [5, 5.41) is 34.4. The van der Waals surface area contributed by atoms with Gasteiger partial charge in [0.1, 0.15) is 5.54 Å². The molecule has 3 rings (SSSR count). The normalized spacial score (nSPS) is 30.0. The van der Waals surface area contributed by atoms with Gasteiger partial charge in [-0.05, 0) is 31.4 Å². The Balaban J connectivity index is 1.58. The SMILES string of the molecule is O=C(O)CNC1CCC1NC1(C(=O)O)CC1C(O)OC(=O)c1ccccc1. The summed E-state index contributed by atoms with van der Waals surface area (Å²) in [6.45, 7) is -0.205. The first-order valence-corrected chi connectivity index (χ1v) is 8.74. The molecule has 0 aliphatic heterocycles. The lowest BCUT2D eigenvalue weighted by Crippen LogP contribution is -2.61. The lowest BCUT2D eigenvalue weighted by atomic mass is 9.85. The summed E-state index contributed by atoms with van der Waals surface area (Å²) in [5.74, 6) is -3.62. The second kappa shape index (κ2) is 7.63. The lowest BCUT2D eigenvalue weighted by Gasteiger charge is -2.40. The van der Waals surface area contributed by atoms with Crippen molar-refractivity contribution >= 4 is 17.9 Å². The van der Waals surface area contributed by atoms with Crippen LogP contribution < -0.4 is 10.6 Å². The summed E-state index contributed by atoms with van der Waals surface area (Å²) in [5.41, 5.74) is -1.12. The smallest absolute Gasteiger partial charge is 0.340 e. The van der Waals surface area contributed by atoms with Crippen LogP contribution in [-0.2, 0) is 14.3 Å². The quantitative estimate of drug-likeness (QED) is 0.291. The molecule has 2 fully saturated rings. The van der Waals surface area contributed by atoms with E-state index in [-0.39, 0.29) is 30.6 Å². The summed E-state index contributed by atoms with van der Waals surface area (Å²) in [6.07, 6.45) is -0.00410. The summed E-state index contributed by atoms with van der Waals surface area (Å²) in [7, 11) is 0. The van der Waals surface area contributed by atoms with Gasteiger partial charge in [0.15, 0.2) is 0 Å². The van der Waals surface area contributed by atoms with E-state index in [0.29, 0.717) is 6.42 Å². The Morgan fingerprint density at radius 2 is 1.81 bits per heavy atom. The molecule has 2 saturated carbocycles. The molecule has 1 aromatic rings. The lowest BCUT2D eigenvalue weighted by molar-refractivity contribution is -0.145. The number of hydrogen-bond donors (Lipinski definition) is 5. The molecule has 0 heterocycles. The first-order chi connectivity index (χ1) is 12.8. The van der Waals surface area contributed by atoms with E-state index in [1.165, 1.54) is 12.1 Å². The van der Waals surface area contributed by atoms with E-state index in [4.69, 9.17) is 9.84 Å². The van der Waals surface area contributed by atoms with Crippen molar-refractivity contribution in [1.29, 1.82) is 0 Å². The summed E-state index contributed by atoms with van der Waals surface area (Å²) in [6, 6.07) is 7.76. The van der Waals surface area contributed by atoms with Gasteiger partial charge in [0, 0.05) is 12.1 Å². The maximum Gasteiger partial charge on any atom is 0.340 e. The van der Waals surface area contributed by atoms with E-state index in [0.717, 1.165) is 6.42 Å². The number of rotatable bonds is 9. The molecule has 0 bridgehead atoms. The fourth-order valence-corrected chi connectivity index (χ4v) is 3.41. The third kappa shape index (κ3) is 4.10. The van der Waals surface area contributed by atoms with Gasteiger partial charge in [0.05, 0.1) is 18.0 Å². The molecule has 0 aromatic heterocycles. The molecule has 2 aliphatic carbocycles. The first-order valence-electron chi connectivity index (χ1n) is 8.74. The van der Waals surface area contributed by atoms with Gasteiger partial charge in [-0.15, -0.1) is 0 Å². The van der Waals surface area contributed by atoms with Crippen molar-refractivity contribution in [2.24, 2.45) is 5.92 Å². The Morgan fingerprint density at radius 1 is 1.15 bits per heavy atom. The fourth-order valence-electron chi connectivity index (χ4n) is 3.41. The van der Waals surface area contributed by atoms with Crippen LogP contribution in [0.2, 0.25) is 0 Å². The van der Waals surface area contributed by atoms with Gasteiger partial charge in [-0.3, -0.25) is 14.9 Å². The molecule has 1 aromatic carbocycles. The van der Waals surface area contributed by atoms with Gasteiger partial charge in [0.25, 0.3) is 0 Å². The standard InChI is InChI=1S/C18H22N2O7/c21-14(22)9-19-12-6-7-13(12)20-18(17(25)26)8-11(18)16(24)27-15(23)10-4-2-1-3-5-10/h1-5,11-13,16,19-20,24H,6-9H2,(H,21,22)(H,25,26). The zero-order valence-electron chi connectivity index (χ0n) is 14.5. The van der Waals surface area contributed by atoms with Crippen LogP contribution in [0.5, 0.6) is 0 Å². The minimum absolute atomic E-state index is 0.119. The summed E-state index contributed by atoms with van der Waals surface area (Å²) < 4.78 is 5.02. The molecular formula is C18H22N2O7. The largest absolute Gasteiger partial charge is 0.480 e. The molecule has 9 heteroatoms. The number of benzene rings is 1. The molecule has 9 nitrogen and oxygen atoms in total. The third-order valence-electron chi connectivity index (χ3n) is 5.21. The number of nitrogens with one attached hydrogen (secondary N) is 2. The van der Waals surface area contributed by atoms with Crippen molar-refractivity contribution < 1.29 is 34.4 Å². The minimum atomic E-state index is -1.55. The van der Waals surface area contributed by atoms with Gasteiger partial charge >= 0.3 is 17.9 Å². The fraction of sp³-hybridized carbons (Fsp3) is 0.500. The molecule has 5 N–H and O–H groups in total. The third-order valence-corrected chi connectivity index (χ3v) is 5.21. The second-order valence-electron chi connectivity index (χ2n) is 6.96. The number of aliphatic carboxylic acids is 2. The van der Waals surface area contributed by atoms with Gasteiger partial charge in [-0.25, -0.2) is 4.79 Å². The van der Waals surface area contributed by atoms with E-state index in [9.17, 15) is 24.6 Å². The van der Waals surface area contributed by atoms with Crippen molar-refractivity contribution in [3.63, 3.8) is 0 Å². The number of ether oxygens (including phenoxy) is 1. The van der Waals surface area contributed by atoms with E-state index in [1.807, 2.05) is 0 Å². The average Bonchev–Trinajstić information content (AvgIpc) is 3.35. The molecule has 146 valence electrons. The highest BCUT2D eigenvalue weighted by Gasteiger charge is 2.66. The number of carbonyl (C=O) groups excluding carboxylic acids is 1. The Bertz CT molecular complexity index is 726. The Hall–Kier alpha value is -2.49. The average molecular weight is 378 g/mol. The zero-order chi connectivity index (χ0) is 19.6. The van der Waals surface area contributed by atoms with Crippen molar-refractivity contribution in [3.8, 4) is 0 Å². The predicted molar refractivity (Wildman–Crippen MR) is 91.9 cm³/mol. The zero-order valence-corrected chi connectivity index (χ0v) is 14.5. The van der Waals surface area contributed by atoms with Crippen LogP contribution in [0.15, 0.2) is 30.3 Å². The van der Waals surface area contributed by atoms with Crippen molar-refractivity contribution in [3.05, 3.63) is 35.9 Å². The van der Waals surface area contributed by atoms with Gasteiger partial charge in [0.2, 0.25) is 6.29 Å². The van der Waals surface area contributed by atoms with E-state index in [1.54, 1.807) is 18.2 Å². The molecule has 0 amide bonds. The number of carboxylic acid groups (broad SMARTS) is 2. The van der Waals surface area contributed by atoms with Crippen molar-refractivity contribution in [2.45, 2.75) is 43.2 Å². The monoisotopic (exact) mass is 378 g/mol. The highest BCUT2D eigenvalue weighted by molar-refractivity contribution is 5.89. The minimum Gasteiger partial charge on any atom is -0.480 e. The van der Waals surface area contributed by atoms with E-state index in [2.05, 4.69) is 10.6 Å². The number of carboxylic acids is 2. The number of esters is 1. The molecule has 27 heavy (non-hydrogen) atoms. The van der Waals surface area contributed by atoms with E-state index < -0.39 is 35.7 Å². The van der Waals surface area contributed by atoms with Crippen LogP contribution in [0, 0.1) is 5.92 Å². The van der Waals surface area contributed by atoms with Gasteiger partial charge < -0.3 is 25.4 Å². The van der Waals surface area contributed by atoms with Crippen LogP contribution >= 0.6 is 0 Å². The van der Waals surface area contributed by atoms with Crippen LogP contribution in [-0.4, -0.2) is 63.7 Å². The summed E-state index contributed by atoms with van der Waals surface area (Å²) >= 11 is 0. The second-order valence-corrected chi connectivity index (χ2v) is 6.96. The summed E-state index contributed by atoms with van der Waals surface area (Å²) in [4.78, 5) is 34.5. The van der Waals surface area contributed by atoms with Crippen LogP contribution in [0.1, 0.15) is 29.6 Å². The molecular weight excluding hydrogens is 356 g/mol. The molecule has 0 saturated heterocycles. The topological polar surface area (TPSA) is 145 Å². The molecule has 5 unspecified atom stereocenters. The molecule has 0 spiro atoms. The predicted octanol–water partition coefficient (Wildman–Crippen LogP) is -0.200. The maximum absolute atomic E-state index is 12.0. The Morgan fingerprint density at radius 3 is 2.37 bits per heavy atom. The highest BCUT2D eigenvalue weighted by Crippen LogP contribution is 2.48. The number of aliphatic hydroxyl groups excluding tert-OH is 1. The Labute approximate surface area is 155 Å². The molecule has 2 aliphatic rings. The Kier molecular flexibility index (Phi) is 5.45. The van der Waals surface area contributed by atoms with Crippen LogP contribution in [0.3, 0.4) is 0 Å². The molecule has 0 radical (unpaired) electrons. The number of carbonyl (C=O) groups is 3. The van der Waals surface area contributed by atoms with E-state index >= 15 is 0 Å². The number of aliphatic hydroxyl groups is 1. The van der Waals surface area contributed by atoms with Crippen LogP contribution in [0.4, 0.5) is 0 Å². The van der Waals surface area contributed by atoms with Crippen molar-refractivity contribution in [1.82, 2.24) is 10.6 Å². The highest BCUT2D eigenvalue weighted by atomic mass is 16.6. The first kappa shape index (κ1) is 19.3. The molecule has 5 atom stereocenters. The maximum atomic E-state index is 12.0.